The largest absolute Gasteiger partial charge is 0.478 e. The number of hydrogen-bond acceptors (Lipinski definition) is 3. The number of hydrogen-bond donors (Lipinski definition) is 0. The Morgan fingerprint density at radius 1 is 1.46 bits per heavy atom. The molecule has 72 valence electrons. The van der Waals surface area contributed by atoms with E-state index in [1.807, 2.05) is 26.0 Å². The zero-order chi connectivity index (χ0) is 9.84. The fourth-order valence-electron chi connectivity index (χ4n) is 0.931. The Labute approximate surface area is 91.6 Å². The summed E-state index contributed by atoms with van der Waals surface area (Å²) in [6.45, 7) is 3.87. The van der Waals surface area contributed by atoms with Gasteiger partial charge in [-0.25, -0.2) is 4.98 Å². The number of nitrogens with zero attached hydrogens (tertiary/aromatic N) is 1. The summed E-state index contributed by atoms with van der Waals surface area (Å²) in [4.78, 5) is 4.19. The van der Waals surface area contributed by atoms with E-state index in [4.69, 9.17) is 9.47 Å². The minimum Gasteiger partial charge on any atom is -0.478 e. The first kappa shape index (κ1) is 10.6. The smallest absolute Gasteiger partial charge is 0.257 e. The molecular formula is C9H12INO2. The predicted molar refractivity (Wildman–Crippen MR) is 59.6 cm³/mol. The lowest BCUT2D eigenvalue weighted by Gasteiger charge is -2.11. The van der Waals surface area contributed by atoms with Crippen LogP contribution in [0, 0.1) is 6.92 Å². The molecule has 0 amide bonds. The summed E-state index contributed by atoms with van der Waals surface area (Å²) >= 11 is 2.18. The third-order valence-electron chi connectivity index (χ3n) is 1.45. The first-order valence-corrected chi connectivity index (χ1v) is 5.20. The molecule has 0 spiro atoms. The van der Waals surface area contributed by atoms with Gasteiger partial charge < -0.3 is 9.47 Å². The molecule has 1 atom stereocenters. The summed E-state index contributed by atoms with van der Waals surface area (Å²) in [7, 11) is 1.59. The second-order valence-corrected chi connectivity index (χ2v) is 4.38. The summed E-state index contributed by atoms with van der Waals surface area (Å²) in [6.07, 6.45) is 0. The summed E-state index contributed by atoms with van der Waals surface area (Å²) in [5.74, 6) is 1.23. The normalized spacial score (nSPS) is 12.3. The molecule has 1 aromatic rings. The Balaban J connectivity index is 2.92. The number of rotatable bonds is 3. The number of aryl methyl sites for hydroxylation is 1. The van der Waals surface area contributed by atoms with Gasteiger partial charge in [-0.2, -0.15) is 0 Å². The molecule has 0 saturated carbocycles. The zero-order valence-electron chi connectivity index (χ0n) is 7.87. The van der Waals surface area contributed by atoms with E-state index in [0.717, 1.165) is 5.69 Å². The van der Waals surface area contributed by atoms with Crippen molar-refractivity contribution >= 4 is 22.6 Å². The molecule has 0 fully saturated rings. The standard InChI is InChI=1S/C9H12INO2/c1-6-4-5-8(13-7(2)10)9(11-6)12-3/h4-5,7H,1-3H3. The van der Waals surface area contributed by atoms with Gasteiger partial charge in [0, 0.05) is 5.69 Å². The van der Waals surface area contributed by atoms with E-state index in [2.05, 4.69) is 27.6 Å². The van der Waals surface area contributed by atoms with Gasteiger partial charge >= 0.3 is 0 Å². The van der Waals surface area contributed by atoms with Gasteiger partial charge in [0.1, 0.15) is 4.11 Å². The summed E-state index contributed by atoms with van der Waals surface area (Å²) < 4.78 is 10.7. The summed E-state index contributed by atoms with van der Waals surface area (Å²) in [5.41, 5.74) is 0.922. The van der Waals surface area contributed by atoms with Crippen molar-refractivity contribution in [2.24, 2.45) is 0 Å². The first-order valence-electron chi connectivity index (χ1n) is 3.96. The number of ether oxygens (including phenoxy) is 2. The predicted octanol–water partition coefficient (Wildman–Crippen LogP) is 2.56. The van der Waals surface area contributed by atoms with Crippen molar-refractivity contribution in [3.05, 3.63) is 17.8 Å². The maximum Gasteiger partial charge on any atom is 0.257 e. The Kier molecular flexibility index (Phi) is 3.77. The average Bonchev–Trinajstić information content (AvgIpc) is 2.07. The molecule has 13 heavy (non-hydrogen) atoms. The minimum absolute atomic E-state index is 0.107. The van der Waals surface area contributed by atoms with Crippen LogP contribution in [0.4, 0.5) is 0 Å². The summed E-state index contributed by atoms with van der Waals surface area (Å²) in [5, 5.41) is 0. The van der Waals surface area contributed by atoms with Crippen LogP contribution in [-0.4, -0.2) is 16.2 Å². The van der Waals surface area contributed by atoms with Gasteiger partial charge in [-0.05, 0) is 48.6 Å². The molecule has 0 radical (unpaired) electrons. The van der Waals surface area contributed by atoms with Crippen LogP contribution in [0.5, 0.6) is 11.6 Å². The average molecular weight is 293 g/mol. The van der Waals surface area contributed by atoms with Gasteiger partial charge in [0.2, 0.25) is 0 Å². The van der Waals surface area contributed by atoms with Crippen LogP contribution in [0.1, 0.15) is 12.6 Å². The third kappa shape index (κ3) is 3.02. The number of pyridine rings is 1. The Morgan fingerprint density at radius 2 is 2.15 bits per heavy atom. The van der Waals surface area contributed by atoms with E-state index in [1.54, 1.807) is 7.11 Å². The first-order chi connectivity index (χ1) is 6.13. The van der Waals surface area contributed by atoms with Crippen LogP contribution in [0.2, 0.25) is 0 Å². The van der Waals surface area contributed by atoms with Crippen molar-refractivity contribution in [1.29, 1.82) is 0 Å². The van der Waals surface area contributed by atoms with Gasteiger partial charge in [0.25, 0.3) is 5.88 Å². The summed E-state index contributed by atoms with van der Waals surface area (Å²) in [6, 6.07) is 3.77. The Hall–Kier alpha value is -0.520. The molecule has 1 heterocycles. The van der Waals surface area contributed by atoms with E-state index < -0.39 is 0 Å². The van der Waals surface area contributed by atoms with Crippen LogP contribution >= 0.6 is 22.6 Å². The van der Waals surface area contributed by atoms with Gasteiger partial charge in [-0.15, -0.1) is 0 Å². The zero-order valence-corrected chi connectivity index (χ0v) is 10.0. The van der Waals surface area contributed by atoms with Crippen molar-refractivity contribution in [3.8, 4) is 11.6 Å². The number of methoxy groups -OCH3 is 1. The van der Waals surface area contributed by atoms with Crippen LogP contribution in [0.15, 0.2) is 12.1 Å². The van der Waals surface area contributed by atoms with Crippen LogP contribution < -0.4 is 9.47 Å². The molecule has 0 aliphatic heterocycles. The lowest BCUT2D eigenvalue weighted by atomic mass is 10.3. The van der Waals surface area contributed by atoms with Crippen molar-refractivity contribution in [2.45, 2.75) is 18.0 Å². The van der Waals surface area contributed by atoms with E-state index >= 15 is 0 Å². The molecule has 0 saturated heterocycles. The van der Waals surface area contributed by atoms with Crippen molar-refractivity contribution in [3.63, 3.8) is 0 Å². The number of alkyl halides is 1. The SMILES string of the molecule is COc1nc(C)ccc1OC(C)I. The van der Waals surface area contributed by atoms with Crippen molar-refractivity contribution in [2.75, 3.05) is 7.11 Å². The lowest BCUT2D eigenvalue weighted by molar-refractivity contribution is 0.291. The number of halogens is 1. The van der Waals surface area contributed by atoms with Gasteiger partial charge in [-0.3, -0.25) is 0 Å². The highest BCUT2D eigenvalue weighted by atomic mass is 127. The van der Waals surface area contributed by atoms with E-state index in [9.17, 15) is 0 Å². The number of aromatic nitrogens is 1. The van der Waals surface area contributed by atoms with Crippen LogP contribution in [0.25, 0.3) is 0 Å². The van der Waals surface area contributed by atoms with Crippen LogP contribution in [-0.2, 0) is 0 Å². The Bertz CT molecular complexity index is 289. The van der Waals surface area contributed by atoms with Crippen LogP contribution in [0.3, 0.4) is 0 Å². The van der Waals surface area contributed by atoms with Gasteiger partial charge in [-0.1, -0.05) is 0 Å². The monoisotopic (exact) mass is 293 g/mol. The van der Waals surface area contributed by atoms with Crippen molar-refractivity contribution in [1.82, 2.24) is 4.98 Å². The molecule has 1 rings (SSSR count). The molecule has 3 nitrogen and oxygen atoms in total. The molecule has 0 aliphatic carbocycles. The fourth-order valence-corrected chi connectivity index (χ4v) is 1.20. The maximum atomic E-state index is 5.49. The molecule has 0 N–H and O–H groups in total. The minimum atomic E-state index is 0.107. The molecule has 0 aliphatic rings. The van der Waals surface area contributed by atoms with Crippen molar-refractivity contribution < 1.29 is 9.47 Å². The van der Waals surface area contributed by atoms with Gasteiger partial charge in [0.05, 0.1) is 7.11 Å². The highest BCUT2D eigenvalue weighted by molar-refractivity contribution is 14.1. The van der Waals surface area contributed by atoms with E-state index in [0.29, 0.717) is 11.6 Å². The third-order valence-corrected chi connectivity index (χ3v) is 1.70. The Morgan fingerprint density at radius 3 is 2.69 bits per heavy atom. The van der Waals surface area contributed by atoms with Gasteiger partial charge in [0.15, 0.2) is 5.75 Å². The quantitative estimate of drug-likeness (QED) is 0.634. The van der Waals surface area contributed by atoms with E-state index in [1.165, 1.54) is 0 Å². The molecule has 1 aromatic heterocycles. The topological polar surface area (TPSA) is 31.4 Å². The molecular weight excluding hydrogens is 281 g/mol. The van der Waals surface area contributed by atoms with E-state index in [-0.39, 0.29) is 4.11 Å². The molecule has 0 aromatic carbocycles. The highest BCUT2D eigenvalue weighted by Crippen LogP contribution is 2.26. The maximum absolute atomic E-state index is 5.49. The fraction of sp³-hybridized carbons (Fsp3) is 0.444. The molecule has 1 unspecified atom stereocenters. The molecule has 4 heteroatoms. The highest BCUT2D eigenvalue weighted by Gasteiger charge is 2.07. The second-order valence-electron chi connectivity index (χ2n) is 2.62. The second kappa shape index (κ2) is 4.64. The lowest BCUT2D eigenvalue weighted by Crippen LogP contribution is -2.04. The molecule has 0 bridgehead atoms.